The van der Waals surface area contributed by atoms with Crippen molar-refractivity contribution in [2.75, 3.05) is 4.90 Å². The number of anilines is 3. The van der Waals surface area contributed by atoms with Crippen LogP contribution in [0.25, 0.3) is 100.0 Å². The third-order valence-corrected chi connectivity index (χ3v) is 14.2. The summed E-state index contributed by atoms with van der Waals surface area (Å²) in [6.07, 6.45) is 4.16. The van der Waals surface area contributed by atoms with Gasteiger partial charge in [-0.1, -0.05) is 199 Å². The monoisotopic (exact) mass is 1140 g/mol. The molecule has 0 saturated carbocycles. The van der Waals surface area contributed by atoms with Crippen molar-refractivity contribution in [3.8, 4) is 67.1 Å². The van der Waals surface area contributed by atoms with Crippen LogP contribution in [0.15, 0.2) is 261 Å². The Morgan fingerprint density at radius 2 is 0.947 bits per heavy atom. The Morgan fingerprint density at radius 1 is 0.440 bits per heavy atom. The number of para-hydroxylation sites is 4. The number of fused-ring (bicyclic) bond motifs is 4. The number of hydrogen-bond donors (Lipinski definition) is 0. The number of imidazole rings is 1. The summed E-state index contributed by atoms with van der Waals surface area (Å²) in [7, 11) is 0. The van der Waals surface area contributed by atoms with Crippen LogP contribution in [0.3, 0.4) is 0 Å². The zero-order chi connectivity index (χ0) is 49.5. The molecule has 0 aliphatic rings. The van der Waals surface area contributed by atoms with Gasteiger partial charge in [0.25, 0.3) is 0 Å². The molecule has 0 N–H and O–H groups in total. The molecule has 362 valence electrons. The average molecular weight is 1140 g/mol. The van der Waals surface area contributed by atoms with Gasteiger partial charge in [-0.3, -0.25) is 0 Å². The molecule has 5 nitrogen and oxygen atoms in total. The fourth-order valence-electron chi connectivity index (χ4n) is 10.8. The summed E-state index contributed by atoms with van der Waals surface area (Å²) in [5.74, 6) is 0.802. The smallest absolute Gasteiger partial charge is 0.188 e. The first-order valence-electron chi connectivity index (χ1n) is 25.3. The van der Waals surface area contributed by atoms with E-state index in [0.717, 1.165) is 112 Å². The fraction of sp³-hybridized carbons (Fsp3) is 0.0435. The van der Waals surface area contributed by atoms with E-state index in [9.17, 15) is 0 Å². The molecule has 0 atom stereocenters. The van der Waals surface area contributed by atoms with Crippen LogP contribution >= 0.6 is 0 Å². The van der Waals surface area contributed by atoms with Gasteiger partial charge in [0, 0.05) is 61.7 Å². The van der Waals surface area contributed by atoms with Gasteiger partial charge in [0.05, 0.1) is 11.7 Å². The third-order valence-electron chi connectivity index (χ3n) is 14.2. The SMILES string of the molecule is CC(C)n1[cH+]n(-c2[c-]c(N(c3[c-]c4c(cc3)c3ccccc3n4-c3cc(-c4c(-c5ccccc5)cccc4-c4ccccc4)ccn3)c3c(-c4ccccc4)cccc3-c3ccccc3)ccc2)c2ccccc21.[Pt]. The van der Waals surface area contributed by atoms with Crippen LogP contribution in [-0.4, -0.2) is 18.7 Å². The summed E-state index contributed by atoms with van der Waals surface area (Å²) in [4.78, 5) is 7.58. The summed E-state index contributed by atoms with van der Waals surface area (Å²) in [5, 5.41) is 2.21. The molecule has 0 spiro atoms. The Balaban J connectivity index is 0.00000569. The van der Waals surface area contributed by atoms with Gasteiger partial charge in [-0.15, -0.1) is 29.7 Å². The summed E-state index contributed by atoms with van der Waals surface area (Å²) in [6, 6.07) is 97.0. The fourth-order valence-corrected chi connectivity index (χ4v) is 10.8. The van der Waals surface area contributed by atoms with Crippen molar-refractivity contribution in [3.63, 3.8) is 0 Å². The Hall–Kier alpha value is -8.89. The Labute approximate surface area is 452 Å². The molecule has 75 heavy (non-hydrogen) atoms. The summed E-state index contributed by atoms with van der Waals surface area (Å²) < 4.78 is 6.89. The molecule has 3 heterocycles. The molecule has 0 radical (unpaired) electrons. The zero-order valence-corrected chi connectivity index (χ0v) is 43.7. The molecule has 0 aliphatic heterocycles. The van der Waals surface area contributed by atoms with E-state index in [1.165, 1.54) is 5.52 Å². The largest absolute Gasteiger partial charge is 0.357 e. The number of pyridine rings is 1. The second-order valence-electron chi connectivity index (χ2n) is 19.0. The average Bonchev–Trinajstić information content (AvgIpc) is 4.05. The van der Waals surface area contributed by atoms with Crippen molar-refractivity contribution in [1.82, 2.24) is 18.7 Å². The van der Waals surface area contributed by atoms with Gasteiger partial charge in [-0.05, 0) is 94.1 Å². The number of benzene rings is 10. The summed E-state index contributed by atoms with van der Waals surface area (Å²) in [6.45, 7) is 4.46. The van der Waals surface area contributed by atoms with E-state index < -0.39 is 0 Å². The van der Waals surface area contributed by atoms with Crippen LogP contribution in [0, 0.1) is 12.1 Å². The molecule has 0 unspecified atom stereocenters. The zero-order valence-electron chi connectivity index (χ0n) is 41.5. The Morgan fingerprint density at radius 3 is 1.55 bits per heavy atom. The second-order valence-corrected chi connectivity index (χ2v) is 19.0. The van der Waals surface area contributed by atoms with Crippen LogP contribution in [0.2, 0.25) is 0 Å². The van der Waals surface area contributed by atoms with E-state index in [2.05, 4.69) is 300 Å². The minimum absolute atomic E-state index is 0. The molecule has 3 aromatic heterocycles. The van der Waals surface area contributed by atoms with Crippen molar-refractivity contribution in [3.05, 3.63) is 273 Å². The molecule has 0 saturated heterocycles. The van der Waals surface area contributed by atoms with E-state index in [4.69, 9.17) is 4.98 Å². The number of nitrogens with zero attached hydrogens (tertiary/aromatic N) is 5. The van der Waals surface area contributed by atoms with Crippen LogP contribution in [0.5, 0.6) is 0 Å². The predicted molar refractivity (Wildman–Crippen MR) is 308 cm³/mol. The van der Waals surface area contributed by atoms with E-state index in [1.807, 2.05) is 6.20 Å². The first-order valence-corrected chi connectivity index (χ1v) is 25.3. The molecule has 0 bridgehead atoms. The van der Waals surface area contributed by atoms with Gasteiger partial charge in [0.2, 0.25) is 0 Å². The molecule has 0 aliphatic carbocycles. The molecule has 13 rings (SSSR count). The molecule has 13 aromatic rings. The van der Waals surface area contributed by atoms with Gasteiger partial charge in [-0.2, -0.15) is 12.1 Å². The van der Waals surface area contributed by atoms with Crippen molar-refractivity contribution in [2.24, 2.45) is 0 Å². The molecule has 10 aromatic carbocycles. The molecule has 0 amide bonds. The molecule has 6 heteroatoms. The topological polar surface area (TPSA) is 30.9 Å². The number of aromatic nitrogens is 4. The van der Waals surface area contributed by atoms with Crippen molar-refractivity contribution in [1.29, 1.82) is 0 Å². The first-order chi connectivity index (χ1) is 36.6. The van der Waals surface area contributed by atoms with Crippen LogP contribution in [0.1, 0.15) is 19.9 Å². The van der Waals surface area contributed by atoms with Crippen molar-refractivity contribution in [2.45, 2.75) is 19.9 Å². The Kier molecular flexibility index (Phi) is 12.7. The maximum Gasteiger partial charge on any atom is 0.188 e. The van der Waals surface area contributed by atoms with Crippen molar-refractivity contribution >= 4 is 49.9 Å². The van der Waals surface area contributed by atoms with Gasteiger partial charge in [0.15, 0.2) is 17.4 Å². The second kappa shape index (κ2) is 20.2. The standard InChI is InChI=1S/C69H50N5.Pt/c1-48(2)71-47-72(65-39-18-17-38-64(65)71)54-30-19-31-55(45-54)73(69-59(51-26-11-5-12-27-51)35-21-36-60(69)52-28-13-6-14-29-52)56-40-41-62-61-32-15-16-37-63(61)74(66(62)46-56)67-44-53(42-43-70-67)68-57(49-22-7-3-8-23-49)33-20-34-58(68)50-24-9-4-10-25-50;/h3-44,47-48H,1-2H3;/q-1;. The molecule has 0 fully saturated rings. The van der Waals surface area contributed by atoms with Gasteiger partial charge >= 0.3 is 0 Å². The van der Waals surface area contributed by atoms with Gasteiger partial charge in [-0.25, -0.2) is 14.1 Å². The van der Waals surface area contributed by atoms with E-state index in [1.54, 1.807) is 0 Å². The third kappa shape index (κ3) is 8.55. The normalized spacial score (nSPS) is 11.3. The first kappa shape index (κ1) is 47.1. The maximum atomic E-state index is 5.21. The minimum atomic E-state index is 0. The van der Waals surface area contributed by atoms with E-state index in [0.29, 0.717) is 0 Å². The maximum absolute atomic E-state index is 5.21. The summed E-state index contributed by atoms with van der Waals surface area (Å²) >= 11 is 0. The number of hydrogen-bond acceptors (Lipinski definition) is 2. The van der Waals surface area contributed by atoms with Gasteiger partial charge in [0.1, 0.15) is 5.82 Å². The van der Waals surface area contributed by atoms with Crippen LogP contribution < -0.4 is 4.90 Å². The van der Waals surface area contributed by atoms with Crippen LogP contribution in [0.4, 0.5) is 17.1 Å². The van der Waals surface area contributed by atoms with Crippen LogP contribution in [-0.2, 0) is 21.1 Å². The quantitative estimate of drug-likeness (QED) is 0.121. The minimum Gasteiger partial charge on any atom is -0.357 e. The summed E-state index contributed by atoms with van der Waals surface area (Å²) in [5.41, 5.74) is 19.2. The Bertz CT molecular complexity index is 4050. The van der Waals surface area contributed by atoms with E-state index >= 15 is 0 Å². The predicted octanol–water partition coefficient (Wildman–Crippen LogP) is 18.2. The number of rotatable bonds is 11. The van der Waals surface area contributed by atoms with Gasteiger partial charge < -0.3 is 9.47 Å². The molecular weight excluding hydrogens is 1090 g/mol. The van der Waals surface area contributed by atoms with E-state index in [-0.39, 0.29) is 27.1 Å². The molecular formula is C69H50N5Pt-. The van der Waals surface area contributed by atoms with Crippen molar-refractivity contribution < 1.29 is 21.1 Å².